The molecule has 3 amide bonds. The Bertz CT molecular complexity index is 1560. The summed E-state index contributed by atoms with van der Waals surface area (Å²) in [5, 5.41) is 13.0. The first-order valence-corrected chi connectivity index (χ1v) is 13.8. The first-order chi connectivity index (χ1) is 19.9. The number of nitrogens with zero attached hydrogens (tertiary/aromatic N) is 2. The number of nitrogen functional groups attached to an aromatic ring is 1. The SMILES string of the molecule is CC(C)(C)OC(=O)N1Cc2cc(N)ccc2CC1C(=O)N1Cc2cc(NC(=O)c3ccccc3)ccc2CC1C(=O)O.[W]. The van der Waals surface area contributed by atoms with Gasteiger partial charge >= 0.3 is 12.1 Å². The van der Waals surface area contributed by atoms with Crippen LogP contribution in [-0.2, 0) is 61.3 Å². The minimum atomic E-state index is -1.14. The number of ether oxygens (including phenoxy) is 1. The van der Waals surface area contributed by atoms with Crippen LogP contribution in [0.2, 0.25) is 0 Å². The number of aliphatic carboxylic acids is 1. The number of fused-ring (bicyclic) bond motifs is 2. The van der Waals surface area contributed by atoms with E-state index in [1.54, 1.807) is 75.4 Å². The molecule has 0 fully saturated rings. The molecule has 4 N–H and O–H groups in total. The normalized spacial score (nSPS) is 17.6. The van der Waals surface area contributed by atoms with Gasteiger partial charge in [0.05, 0.1) is 6.54 Å². The molecule has 2 atom stereocenters. The summed E-state index contributed by atoms with van der Waals surface area (Å²) < 4.78 is 5.64. The fourth-order valence-corrected chi connectivity index (χ4v) is 5.44. The van der Waals surface area contributed by atoms with Crippen LogP contribution in [0.25, 0.3) is 0 Å². The second-order valence-corrected chi connectivity index (χ2v) is 11.7. The largest absolute Gasteiger partial charge is 0.480 e. The Morgan fingerprint density at radius 1 is 0.837 bits per heavy atom. The maximum Gasteiger partial charge on any atom is 0.411 e. The van der Waals surface area contributed by atoms with E-state index in [0.717, 1.165) is 22.3 Å². The van der Waals surface area contributed by atoms with Gasteiger partial charge in [-0.25, -0.2) is 9.59 Å². The average Bonchev–Trinajstić information content (AvgIpc) is 2.94. The summed E-state index contributed by atoms with van der Waals surface area (Å²) in [6.45, 7) is 5.34. The van der Waals surface area contributed by atoms with Crippen molar-refractivity contribution in [3.63, 3.8) is 0 Å². The maximum absolute atomic E-state index is 14.2. The van der Waals surface area contributed by atoms with E-state index in [4.69, 9.17) is 10.5 Å². The molecular weight excluding hydrogens is 720 g/mol. The molecule has 0 radical (unpaired) electrons. The number of benzene rings is 3. The Balaban J connectivity index is 0.00000423. The summed E-state index contributed by atoms with van der Waals surface area (Å²) in [6, 6.07) is 17.3. The fourth-order valence-electron chi connectivity index (χ4n) is 5.44. The number of anilines is 2. The molecule has 2 aliphatic rings. The number of nitrogens with two attached hydrogens (primary N) is 1. The van der Waals surface area contributed by atoms with Gasteiger partial charge in [-0.3, -0.25) is 14.5 Å². The average molecular weight is 754 g/mol. The predicted octanol–water partition coefficient (Wildman–Crippen LogP) is 4.22. The number of hydrogen-bond donors (Lipinski definition) is 3. The third kappa shape index (κ3) is 7.08. The molecule has 43 heavy (non-hydrogen) atoms. The van der Waals surface area contributed by atoms with Crippen LogP contribution in [0.1, 0.15) is 53.4 Å². The van der Waals surface area contributed by atoms with Gasteiger partial charge in [0.2, 0.25) is 5.91 Å². The smallest absolute Gasteiger partial charge is 0.411 e. The van der Waals surface area contributed by atoms with Crippen LogP contribution in [0.4, 0.5) is 16.2 Å². The van der Waals surface area contributed by atoms with Crippen molar-refractivity contribution < 1.29 is 50.1 Å². The minimum absolute atomic E-state index is 0. The van der Waals surface area contributed by atoms with Crippen molar-refractivity contribution in [3.05, 3.63) is 94.5 Å². The van der Waals surface area contributed by atoms with E-state index < -0.39 is 35.7 Å². The van der Waals surface area contributed by atoms with Crippen molar-refractivity contribution in [3.8, 4) is 0 Å². The van der Waals surface area contributed by atoms with Crippen LogP contribution < -0.4 is 11.1 Å². The van der Waals surface area contributed by atoms with Crippen LogP contribution in [0.3, 0.4) is 0 Å². The van der Waals surface area contributed by atoms with Crippen LogP contribution >= 0.6 is 0 Å². The van der Waals surface area contributed by atoms with E-state index in [1.165, 1.54) is 9.80 Å². The van der Waals surface area contributed by atoms with Crippen LogP contribution in [0.5, 0.6) is 0 Å². The number of amides is 3. The molecule has 3 aromatic rings. The Kier molecular flexibility index (Phi) is 9.30. The van der Waals surface area contributed by atoms with Crippen molar-refractivity contribution >= 4 is 35.3 Å². The van der Waals surface area contributed by atoms with Crippen LogP contribution in [0.15, 0.2) is 66.7 Å². The standard InChI is InChI=1S/C32H34N4O6.W/c1-32(2,3)42-31(41)36-18-22-13-24(33)11-9-20(22)15-26(36)29(38)35-17-23-14-25(12-10-21(23)16-27(35)30(39)40)34-28(37)19-7-5-4-6-8-19;/h4-14,26-27H,15-18,33H2,1-3H3,(H,34,37)(H,39,40);. The molecule has 2 unspecified atom stereocenters. The molecule has 11 heteroatoms. The molecule has 10 nitrogen and oxygen atoms in total. The number of carbonyl (C=O) groups excluding carboxylic acids is 3. The van der Waals surface area contributed by atoms with Crippen molar-refractivity contribution in [2.45, 2.75) is 64.4 Å². The summed E-state index contributed by atoms with van der Waals surface area (Å²) in [4.78, 5) is 55.3. The Morgan fingerprint density at radius 2 is 1.44 bits per heavy atom. The zero-order valence-electron chi connectivity index (χ0n) is 24.2. The van der Waals surface area contributed by atoms with Gasteiger partial charge in [0.15, 0.2) is 0 Å². The molecule has 2 heterocycles. The number of hydrogen-bond acceptors (Lipinski definition) is 6. The van der Waals surface area contributed by atoms with E-state index in [2.05, 4.69) is 5.32 Å². The summed E-state index contributed by atoms with van der Waals surface area (Å²) in [5.74, 6) is -1.90. The van der Waals surface area contributed by atoms with Gasteiger partial charge in [-0.2, -0.15) is 0 Å². The first-order valence-electron chi connectivity index (χ1n) is 13.8. The molecule has 2 aliphatic heterocycles. The van der Waals surface area contributed by atoms with Gasteiger partial charge in [-0.15, -0.1) is 0 Å². The number of carbonyl (C=O) groups is 4. The van der Waals surface area contributed by atoms with E-state index >= 15 is 0 Å². The maximum atomic E-state index is 14.2. The molecule has 0 aromatic heterocycles. The van der Waals surface area contributed by atoms with E-state index in [0.29, 0.717) is 16.9 Å². The molecule has 0 saturated heterocycles. The van der Waals surface area contributed by atoms with Crippen molar-refractivity contribution in [1.82, 2.24) is 9.80 Å². The zero-order chi connectivity index (χ0) is 30.2. The summed E-state index contributed by atoms with van der Waals surface area (Å²) in [7, 11) is 0. The van der Waals surface area contributed by atoms with Gasteiger partial charge in [0.1, 0.15) is 17.7 Å². The molecule has 224 valence electrons. The third-order valence-electron chi connectivity index (χ3n) is 7.47. The molecule has 0 aliphatic carbocycles. The topological polar surface area (TPSA) is 142 Å². The molecule has 0 spiro atoms. The van der Waals surface area contributed by atoms with Gasteiger partial charge in [-0.1, -0.05) is 30.3 Å². The number of carboxylic acid groups (broad SMARTS) is 1. The second-order valence-electron chi connectivity index (χ2n) is 11.7. The van der Waals surface area contributed by atoms with Gasteiger partial charge in [-0.05, 0) is 79.4 Å². The molecule has 5 rings (SSSR count). The fraction of sp³-hybridized carbons (Fsp3) is 0.312. The molecule has 3 aromatic carbocycles. The van der Waals surface area contributed by atoms with E-state index in [9.17, 15) is 24.3 Å². The summed E-state index contributed by atoms with van der Waals surface area (Å²) in [5.41, 5.74) is 9.92. The van der Waals surface area contributed by atoms with Crippen LogP contribution in [0, 0.1) is 0 Å². The number of nitrogens with one attached hydrogen (secondary N) is 1. The van der Waals surface area contributed by atoms with Crippen molar-refractivity contribution in [1.29, 1.82) is 0 Å². The second kappa shape index (κ2) is 12.6. The van der Waals surface area contributed by atoms with Crippen molar-refractivity contribution in [2.75, 3.05) is 11.1 Å². The van der Waals surface area contributed by atoms with Gasteiger partial charge < -0.3 is 25.8 Å². The summed E-state index contributed by atoms with van der Waals surface area (Å²) in [6.07, 6.45) is -0.379. The molecule has 0 bridgehead atoms. The Morgan fingerprint density at radius 3 is 2.09 bits per heavy atom. The monoisotopic (exact) mass is 754 g/mol. The van der Waals surface area contributed by atoms with Crippen molar-refractivity contribution in [2.24, 2.45) is 0 Å². The van der Waals surface area contributed by atoms with Crippen LogP contribution in [-0.4, -0.2) is 56.5 Å². The third-order valence-corrected chi connectivity index (χ3v) is 7.47. The van der Waals surface area contributed by atoms with Gasteiger partial charge in [0, 0.05) is 57.4 Å². The quantitative estimate of drug-likeness (QED) is 0.339. The minimum Gasteiger partial charge on any atom is -0.480 e. The van der Waals surface area contributed by atoms with E-state index in [-0.39, 0.29) is 52.9 Å². The predicted molar refractivity (Wildman–Crippen MR) is 157 cm³/mol. The Hall–Kier alpha value is -4.17. The zero-order valence-corrected chi connectivity index (χ0v) is 27.1. The molecular formula is C32H34N4O6W. The Labute approximate surface area is 264 Å². The summed E-state index contributed by atoms with van der Waals surface area (Å²) >= 11 is 0. The molecule has 0 saturated carbocycles. The first kappa shape index (κ1) is 31.8. The van der Waals surface area contributed by atoms with E-state index in [1.807, 2.05) is 12.1 Å². The number of rotatable bonds is 4. The van der Waals surface area contributed by atoms with Gasteiger partial charge in [0.25, 0.3) is 5.91 Å². The number of carboxylic acids is 1.